The highest BCUT2D eigenvalue weighted by atomic mass is 127. The molecule has 0 spiro atoms. The second-order valence-electron chi connectivity index (χ2n) is 6.29. The van der Waals surface area contributed by atoms with Gasteiger partial charge in [0.05, 0.1) is 0 Å². The number of guanidine groups is 1. The van der Waals surface area contributed by atoms with Gasteiger partial charge in [-0.1, -0.05) is 18.2 Å². The molecule has 158 valence electrons. The summed E-state index contributed by atoms with van der Waals surface area (Å²) >= 11 is 0. The van der Waals surface area contributed by atoms with Crippen LogP contribution in [0.15, 0.2) is 71.9 Å². The van der Waals surface area contributed by atoms with E-state index in [1.165, 1.54) is 24.3 Å². The van der Waals surface area contributed by atoms with Crippen molar-refractivity contribution in [3.05, 3.63) is 89.6 Å². The maximum Gasteiger partial charge on any atom is 0.219 e. The summed E-state index contributed by atoms with van der Waals surface area (Å²) in [5.41, 5.74) is 1.87. The van der Waals surface area contributed by atoms with Gasteiger partial charge in [0.2, 0.25) is 5.88 Å². The van der Waals surface area contributed by atoms with E-state index in [1.807, 2.05) is 12.1 Å². The second kappa shape index (κ2) is 12.1. The molecule has 0 bridgehead atoms. The zero-order chi connectivity index (χ0) is 20.5. The third-order valence-electron chi connectivity index (χ3n) is 4.11. The minimum Gasteiger partial charge on any atom is -0.439 e. The van der Waals surface area contributed by atoms with Crippen LogP contribution in [-0.4, -0.2) is 24.5 Å². The molecule has 0 fully saturated rings. The molecular weight excluding hydrogens is 501 g/mol. The Morgan fingerprint density at radius 3 is 2.43 bits per heavy atom. The third kappa shape index (κ3) is 7.58. The smallest absolute Gasteiger partial charge is 0.219 e. The van der Waals surface area contributed by atoms with Gasteiger partial charge in [-0.25, -0.2) is 13.8 Å². The average Bonchev–Trinajstić information content (AvgIpc) is 2.73. The van der Waals surface area contributed by atoms with Crippen molar-refractivity contribution in [1.29, 1.82) is 0 Å². The molecule has 1 aromatic heterocycles. The maximum absolute atomic E-state index is 13.2. The number of pyridine rings is 1. The summed E-state index contributed by atoms with van der Waals surface area (Å²) in [5, 5.41) is 6.40. The van der Waals surface area contributed by atoms with Crippen LogP contribution in [0.2, 0.25) is 0 Å². The fourth-order valence-electron chi connectivity index (χ4n) is 2.62. The standard InChI is InChI=1S/C22H22F2N4O.HI/c1-25-22(26-12-11-16-3-2-4-19(24)13-16)28-15-17-5-10-21(27-14-17)29-20-8-6-18(23)7-9-20;/h2-10,13-14H,11-12,15H2,1H3,(H2,25,26,28);1H. The monoisotopic (exact) mass is 524 g/mol. The minimum absolute atomic E-state index is 0. The van der Waals surface area contributed by atoms with Crippen molar-refractivity contribution < 1.29 is 13.5 Å². The van der Waals surface area contributed by atoms with Gasteiger partial charge in [-0.05, 0) is 53.9 Å². The average molecular weight is 524 g/mol. The first-order valence-electron chi connectivity index (χ1n) is 9.20. The van der Waals surface area contributed by atoms with E-state index in [0.717, 1.165) is 11.1 Å². The number of halogens is 3. The first-order valence-corrected chi connectivity index (χ1v) is 9.20. The largest absolute Gasteiger partial charge is 0.439 e. The first kappa shape index (κ1) is 23.5. The molecule has 3 rings (SSSR count). The van der Waals surface area contributed by atoms with E-state index in [4.69, 9.17) is 4.74 Å². The SMILES string of the molecule is CN=C(NCCc1cccc(F)c1)NCc1ccc(Oc2ccc(F)cc2)nc1.I. The molecule has 0 saturated heterocycles. The fourth-order valence-corrected chi connectivity index (χ4v) is 2.62. The normalized spacial score (nSPS) is 10.8. The molecule has 2 aromatic carbocycles. The van der Waals surface area contributed by atoms with Gasteiger partial charge in [-0.15, -0.1) is 24.0 Å². The Morgan fingerprint density at radius 2 is 1.77 bits per heavy atom. The second-order valence-corrected chi connectivity index (χ2v) is 6.29. The van der Waals surface area contributed by atoms with Crippen molar-refractivity contribution in [3.8, 4) is 11.6 Å². The lowest BCUT2D eigenvalue weighted by molar-refractivity contribution is 0.461. The van der Waals surface area contributed by atoms with Gasteiger partial charge >= 0.3 is 0 Å². The summed E-state index contributed by atoms with van der Waals surface area (Å²) in [5.74, 6) is 1.05. The van der Waals surface area contributed by atoms with E-state index >= 15 is 0 Å². The highest BCUT2D eigenvalue weighted by Gasteiger charge is 2.02. The Labute approximate surface area is 191 Å². The Morgan fingerprint density at radius 1 is 0.967 bits per heavy atom. The molecule has 0 radical (unpaired) electrons. The lowest BCUT2D eigenvalue weighted by Gasteiger charge is -2.12. The Bertz CT molecular complexity index is 950. The Kier molecular flexibility index (Phi) is 9.46. The zero-order valence-electron chi connectivity index (χ0n) is 16.4. The van der Waals surface area contributed by atoms with Crippen molar-refractivity contribution in [2.45, 2.75) is 13.0 Å². The van der Waals surface area contributed by atoms with E-state index in [-0.39, 0.29) is 35.6 Å². The van der Waals surface area contributed by atoms with Gasteiger partial charge in [-0.2, -0.15) is 0 Å². The number of rotatable bonds is 7. The quantitative estimate of drug-likeness (QED) is 0.268. The van der Waals surface area contributed by atoms with E-state index in [1.54, 1.807) is 37.5 Å². The molecule has 0 atom stereocenters. The van der Waals surface area contributed by atoms with Crippen LogP contribution in [0.3, 0.4) is 0 Å². The predicted molar refractivity (Wildman–Crippen MR) is 124 cm³/mol. The van der Waals surface area contributed by atoms with Crippen molar-refractivity contribution >= 4 is 29.9 Å². The lowest BCUT2D eigenvalue weighted by atomic mass is 10.1. The van der Waals surface area contributed by atoms with Crippen LogP contribution in [0, 0.1) is 11.6 Å². The predicted octanol–water partition coefficient (Wildman–Crippen LogP) is 4.68. The minimum atomic E-state index is -0.315. The highest BCUT2D eigenvalue weighted by molar-refractivity contribution is 14.0. The molecule has 0 aliphatic rings. The molecule has 0 aliphatic carbocycles. The Balaban J connectivity index is 0.00000320. The summed E-state index contributed by atoms with van der Waals surface area (Å²) in [4.78, 5) is 8.44. The topological polar surface area (TPSA) is 58.5 Å². The lowest BCUT2D eigenvalue weighted by Crippen LogP contribution is -2.37. The molecule has 0 aliphatic heterocycles. The van der Waals surface area contributed by atoms with Crippen molar-refractivity contribution in [2.75, 3.05) is 13.6 Å². The van der Waals surface area contributed by atoms with Crippen LogP contribution in [0.1, 0.15) is 11.1 Å². The summed E-state index contributed by atoms with van der Waals surface area (Å²) < 4.78 is 31.7. The molecule has 1 heterocycles. The van der Waals surface area contributed by atoms with Gasteiger partial charge < -0.3 is 15.4 Å². The number of nitrogens with zero attached hydrogens (tertiary/aromatic N) is 2. The number of aliphatic imine (C=N–C) groups is 1. The Hall–Kier alpha value is -2.75. The molecule has 5 nitrogen and oxygen atoms in total. The van der Waals surface area contributed by atoms with Gasteiger partial charge in [0, 0.05) is 32.4 Å². The number of hydrogen-bond donors (Lipinski definition) is 2. The highest BCUT2D eigenvalue weighted by Crippen LogP contribution is 2.19. The van der Waals surface area contributed by atoms with E-state index in [0.29, 0.717) is 37.1 Å². The van der Waals surface area contributed by atoms with E-state index in [2.05, 4.69) is 20.6 Å². The van der Waals surface area contributed by atoms with Crippen LogP contribution in [-0.2, 0) is 13.0 Å². The molecule has 0 saturated carbocycles. The number of nitrogens with one attached hydrogen (secondary N) is 2. The third-order valence-corrected chi connectivity index (χ3v) is 4.11. The van der Waals surface area contributed by atoms with E-state index < -0.39 is 0 Å². The van der Waals surface area contributed by atoms with Crippen molar-refractivity contribution in [1.82, 2.24) is 15.6 Å². The van der Waals surface area contributed by atoms with Gasteiger partial charge in [0.1, 0.15) is 17.4 Å². The van der Waals surface area contributed by atoms with E-state index in [9.17, 15) is 8.78 Å². The van der Waals surface area contributed by atoms with Crippen molar-refractivity contribution in [3.63, 3.8) is 0 Å². The van der Waals surface area contributed by atoms with Gasteiger partial charge in [-0.3, -0.25) is 4.99 Å². The zero-order valence-corrected chi connectivity index (χ0v) is 18.8. The number of ether oxygens (including phenoxy) is 1. The number of hydrogen-bond acceptors (Lipinski definition) is 3. The van der Waals surface area contributed by atoms with Gasteiger partial charge in [0.25, 0.3) is 0 Å². The molecule has 3 aromatic rings. The maximum atomic E-state index is 13.2. The molecule has 30 heavy (non-hydrogen) atoms. The fraction of sp³-hybridized carbons (Fsp3) is 0.182. The summed E-state index contributed by atoms with van der Waals surface area (Å²) in [6.07, 6.45) is 2.39. The number of benzene rings is 2. The molecule has 8 heteroatoms. The molecule has 0 amide bonds. The van der Waals surface area contributed by atoms with Gasteiger partial charge in [0.15, 0.2) is 5.96 Å². The van der Waals surface area contributed by atoms with Crippen molar-refractivity contribution in [2.24, 2.45) is 4.99 Å². The number of aromatic nitrogens is 1. The summed E-state index contributed by atoms with van der Waals surface area (Å²) in [6.45, 7) is 1.16. The first-order chi connectivity index (χ1) is 14.1. The molecular formula is C22H23F2IN4O. The van der Waals surface area contributed by atoms with Crippen LogP contribution >= 0.6 is 24.0 Å². The van der Waals surface area contributed by atoms with Crippen LogP contribution in [0.4, 0.5) is 8.78 Å². The molecule has 0 unspecified atom stereocenters. The summed E-state index contributed by atoms with van der Waals surface area (Å²) in [7, 11) is 1.69. The summed E-state index contributed by atoms with van der Waals surface area (Å²) in [6, 6.07) is 16.0. The molecule has 2 N–H and O–H groups in total. The van der Waals surface area contributed by atoms with Crippen LogP contribution < -0.4 is 15.4 Å². The van der Waals surface area contributed by atoms with Crippen LogP contribution in [0.5, 0.6) is 11.6 Å². The van der Waals surface area contributed by atoms with Crippen LogP contribution in [0.25, 0.3) is 0 Å².